The summed E-state index contributed by atoms with van der Waals surface area (Å²) < 4.78 is 1.55. The van der Waals surface area contributed by atoms with E-state index in [0.29, 0.717) is 5.82 Å². The SMILES string of the molecule is Cn1cc(NC(=O)N[C@@H]2CCN(Cc3ccccc3)C2)nn1. The van der Waals surface area contributed by atoms with E-state index < -0.39 is 0 Å². The second kappa shape index (κ2) is 6.57. The van der Waals surface area contributed by atoms with Crippen LogP contribution in [0.15, 0.2) is 36.5 Å². The number of hydrogen-bond acceptors (Lipinski definition) is 4. The summed E-state index contributed by atoms with van der Waals surface area (Å²) in [4.78, 5) is 14.3. The minimum atomic E-state index is -0.230. The Hall–Kier alpha value is -2.41. The maximum absolute atomic E-state index is 11.9. The molecule has 1 saturated heterocycles. The number of aryl methyl sites for hydroxylation is 1. The Balaban J connectivity index is 1.45. The van der Waals surface area contributed by atoms with Gasteiger partial charge in [0.1, 0.15) is 0 Å². The highest BCUT2D eigenvalue weighted by Crippen LogP contribution is 2.13. The topological polar surface area (TPSA) is 75.1 Å². The zero-order valence-electron chi connectivity index (χ0n) is 12.6. The van der Waals surface area contributed by atoms with Crippen LogP contribution in [0.5, 0.6) is 0 Å². The van der Waals surface area contributed by atoms with Gasteiger partial charge in [0.25, 0.3) is 0 Å². The molecule has 1 aliphatic heterocycles. The molecule has 0 radical (unpaired) electrons. The second-order valence-electron chi connectivity index (χ2n) is 5.58. The third-order valence-electron chi connectivity index (χ3n) is 3.70. The number of anilines is 1. The summed E-state index contributed by atoms with van der Waals surface area (Å²) in [6.07, 6.45) is 2.62. The predicted molar refractivity (Wildman–Crippen MR) is 83.3 cm³/mol. The zero-order valence-corrected chi connectivity index (χ0v) is 12.6. The molecule has 1 atom stereocenters. The Morgan fingerprint density at radius 1 is 1.36 bits per heavy atom. The van der Waals surface area contributed by atoms with Crippen molar-refractivity contribution in [2.24, 2.45) is 7.05 Å². The molecule has 0 spiro atoms. The van der Waals surface area contributed by atoms with E-state index in [4.69, 9.17) is 0 Å². The van der Waals surface area contributed by atoms with Crippen LogP contribution in [0.1, 0.15) is 12.0 Å². The Morgan fingerprint density at radius 2 is 2.18 bits per heavy atom. The minimum Gasteiger partial charge on any atom is -0.334 e. The number of likely N-dealkylation sites (tertiary alicyclic amines) is 1. The third-order valence-corrected chi connectivity index (χ3v) is 3.70. The number of nitrogens with one attached hydrogen (secondary N) is 2. The van der Waals surface area contributed by atoms with E-state index >= 15 is 0 Å². The van der Waals surface area contributed by atoms with Gasteiger partial charge in [-0.3, -0.25) is 14.9 Å². The second-order valence-corrected chi connectivity index (χ2v) is 5.58. The van der Waals surface area contributed by atoms with Crippen LogP contribution in [0, 0.1) is 0 Å². The van der Waals surface area contributed by atoms with Gasteiger partial charge in [-0.1, -0.05) is 35.5 Å². The zero-order chi connectivity index (χ0) is 15.4. The fourth-order valence-electron chi connectivity index (χ4n) is 2.68. The lowest BCUT2D eigenvalue weighted by atomic mass is 10.2. The molecule has 1 aliphatic rings. The summed E-state index contributed by atoms with van der Waals surface area (Å²) in [6.45, 7) is 2.78. The summed E-state index contributed by atoms with van der Waals surface area (Å²) in [5, 5.41) is 13.3. The first-order valence-electron chi connectivity index (χ1n) is 7.39. The van der Waals surface area contributed by atoms with Crippen molar-refractivity contribution in [2.75, 3.05) is 18.4 Å². The van der Waals surface area contributed by atoms with Crippen molar-refractivity contribution in [1.29, 1.82) is 0 Å². The molecular weight excluding hydrogens is 280 g/mol. The van der Waals surface area contributed by atoms with Crippen molar-refractivity contribution in [3.05, 3.63) is 42.1 Å². The highest BCUT2D eigenvalue weighted by Gasteiger charge is 2.23. The summed E-state index contributed by atoms with van der Waals surface area (Å²) in [7, 11) is 1.76. The summed E-state index contributed by atoms with van der Waals surface area (Å²) in [5.74, 6) is 0.458. The molecule has 0 unspecified atom stereocenters. The molecule has 116 valence electrons. The predicted octanol–water partition coefficient (Wildman–Crippen LogP) is 1.21. The first-order chi connectivity index (χ1) is 10.7. The van der Waals surface area contributed by atoms with Gasteiger partial charge in [0.2, 0.25) is 0 Å². The monoisotopic (exact) mass is 300 g/mol. The van der Waals surface area contributed by atoms with Gasteiger partial charge in [-0.25, -0.2) is 4.79 Å². The van der Waals surface area contributed by atoms with Crippen molar-refractivity contribution >= 4 is 11.8 Å². The van der Waals surface area contributed by atoms with E-state index in [1.54, 1.807) is 17.9 Å². The van der Waals surface area contributed by atoms with E-state index in [-0.39, 0.29) is 12.1 Å². The van der Waals surface area contributed by atoms with Crippen molar-refractivity contribution in [3.63, 3.8) is 0 Å². The molecule has 7 nitrogen and oxygen atoms in total. The van der Waals surface area contributed by atoms with Gasteiger partial charge >= 0.3 is 6.03 Å². The average molecular weight is 300 g/mol. The molecule has 2 aromatic rings. The summed E-state index contributed by atoms with van der Waals surface area (Å²) >= 11 is 0. The number of rotatable bonds is 4. The molecular formula is C15H20N6O. The van der Waals surface area contributed by atoms with Crippen molar-refractivity contribution in [2.45, 2.75) is 19.0 Å². The fraction of sp³-hybridized carbons (Fsp3) is 0.400. The fourth-order valence-corrected chi connectivity index (χ4v) is 2.68. The quantitative estimate of drug-likeness (QED) is 0.890. The lowest BCUT2D eigenvalue weighted by Crippen LogP contribution is -2.39. The Bertz CT molecular complexity index is 626. The van der Waals surface area contributed by atoms with E-state index in [1.165, 1.54) is 5.56 Å². The number of amides is 2. The van der Waals surface area contributed by atoms with Crippen LogP contribution in [0.25, 0.3) is 0 Å². The molecule has 22 heavy (non-hydrogen) atoms. The van der Waals surface area contributed by atoms with Crippen LogP contribution in [-0.4, -0.2) is 45.1 Å². The van der Waals surface area contributed by atoms with E-state index in [9.17, 15) is 4.79 Å². The summed E-state index contributed by atoms with van der Waals surface area (Å²) in [6, 6.07) is 10.3. The van der Waals surface area contributed by atoms with Gasteiger partial charge in [-0.15, -0.1) is 5.10 Å². The van der Waals surface area contributed by atoms with Crippen LogP contribution in [0.3, 0.4) is 0 Å². The minimum absolute atomic E-state index is 0.167. The number of carbonyl (C=O) groups is 1. The van der Waals surface area contributed by atoms with Crippen LogP contribution >= 0.6 is 0 Å². The standard InChI is InChI=1S/C15H20N6O/c1-20-11-14(18-19-20)17-15(22)16-13-7-8-21(10-13)9-12-5-3-2-4-6-12/h2-6,11,13H,7-10H2,1H3,(H2,16,17,22)/t13-/m1/s1. The normalized spacial score (nSPS) is 18.3. The maximum Gasteiger partial charge on any atom is 0.320 e. The highest BCUT2D eigenvalue weighted by molar-refractivity contribution is 5.88. The number of benzene rings is 1. The number of urea groups is 1. The van der Waals surface area contributed by atoms with Crippen LogP contribution in [-0.2, 0) is 13.6 Å². The van der Waals surface area contributed by atoms with E-state index in [0.717, 1.165) is 26.1 Å². The average Bonchev–Trinajstić information content (AvgIpc) is 3.09. The van der Waals surface area contributed by atoms with Crippen LogP contribution in [0.2, 0.25) is 0 Å². The lowest BCUT2D eigenvalue weighted by molar-refractivity contribution is 0.247. The first-order valence-corrected chi connectivity index (χ1v) is 7.39. The Kier molecular flexibility index (Phi) is 4.34. The molecule has 2 N–H and O–H groups in total. The first kappa shape index (κ1) is 14.5. The lowest BCUT2D eigenvalue weighted by Gasteiger charge is -2.16. The van der Waals surface area contributed by atoms with Gasteiger partial charge in [0.05, 0.1) is 6.20 Å². The Labute approximate surface area is 129 Å². The van der Waals surface area contributed by atoms with Gasteiger partial charge < -0.3 is 5.32 Å². The van der Waals surface area contributed by atoms with Crippen molar-refractivity contribution in [1.82, 2.24) is 25.2 Å². The van der Waals surface area contributed by atoms with Gasteiger partial charge in [0.15, 0.2) is 5.82 Å². The van der Waals surface area contributed by atoms with Crippen molar-refractivity contribution < 1.29 is 4.79 Å². The molecule has 0 saturated carbocycles. The van der Waals surface area contributed by atoms with Crippen molar-refractivity contribution in [3.8, 4) is 0 Å². The molecule has 3 rings (SSSR count). The maximum atomic E-state index is 11.9. The molecule has 0 bridgehead atoms. The molecule has 1 aromatic carbocycles. The number of nitrogens with zero attached hydrogens (tertiary/aromatic N) is 4. The van der Waals surface area contributed by atoms with E-state index in [1.807, 2.05) is 6.07 Å². The molecule has 0 aliphatic carbocycles. The third kappa shape index (κ3) is 3.82. The van der Waals surface area contributed by atoms with Crippen LogP contribution < -0.4 is 10.6 Å². The van der Waals surface area contributed by atoms with E-state index in [2.05, 4.69) is 50.1 Å². The molecule has 1 fully saturated rings. The molecule has 7 heteroatoms. The smallest absolute Gasteiger partial charge is 0.320 e. The molecule has 2 heterocycles. The van der Waals surface area contributed by atoms with Gasteiger partial charge in [-0.05, 0) is 12.0 Å². The Morgan fingerprint density at radius 3 is 2.91 bits per heavy atom. The number of hydrogen-bond donors (Lipinski definition) is 2. The van der Waals surface area contributed by atoms with Gasteiger partial charge in [-0.2, -0.15) is 0 Å². The molecule has 2 amide bonds. The van der Waals surface area contributed by atoms with Gasteiger partial charge in [0, 0.05) is 32.7 Å². The number of aromatic nitrogens is 3. The van der Waals surface area contributed by atoms with Crippen LogP contribution in [0.4, 0.5) is 10.6 Å². The molecule has 1 aromatic heterocycles. The largest absolute Gasteiger partial charge is 0.334 e. The summed E-state index contributed by atoms with van der Waals surface area (Å²) in [5.41, 5.74) is 1.30. The highest BCUT2D eigenvalue weighted by atomic mass is 16.2. The number of carbonyl (C=O) groups excluding carboxylic acids is 1.